The maximum absolute atomic E-state index is 14.2. The number of aliphatic hydroxyl groups excluding tert-OH is 1. The number of aliphatic hydroxyl groups is 1. The second-order valence-electron chi connectivity index (χ2n) is 7.13. The number of rotatable bonds is 5. The van der Waals surface area contributed by atoms with Gasteiger partial charge in [0.1, 0.15) is 17.3 Å². The quantitative estimate of drug-likeness (QED) is 0.681. The van der Waals surface area contributed by atoms with Gasteiger partial charge in [0, 0.05) is 44.0 Å². The molecule has 2 aromatic heterocycles. The molecule has 4 rings (SSSR count). The SMILES string of the molecule is C[C@@H](CO)NC(=O)c1cc(N2Cc3cccc(F)c3C2)nc(-c2cnn(C)c2)n1. The first-order valence-corrected chi connectivity index (χ1v) is 9.25. The maximum atomic E-state index is 14.2. The van der Waals surface area contributed by atoms with Crippen molar-refractivity contribution in [1.29, 1.82) is 0 Å². The third-order valence-corrected chi connectivity index (χ3v) is 4.81. The zero-order valence-electron chi connectivity index (χ0n) is 16.1. The highest BCUT2D eigenvalue weighted by Gasteiger charge is 2.25. The predicted molar refractivity (Wildman–Crippen MR) is 105 cm³/mol. The van der Waals surface area contributed by atoms with Crippen molar-refractivity contribution in [2.45, 2.75) is 26.1 Å². The van der Waals surface area contributed by atoms with Crippen LogP contribution in [0.5, 0.6) is 0 Å². The average Bonchev–Trinajstić information content (AvgIpc) is 3.34. The molecule has 1 aliphatic heterocycles. The van der Waals surface area contributed by atoms with Gasteiger partial charge in [-0.25, -0.2) is 14.4 Å². The molecule has 8 nitrogen and oxygen atoms in total. The third-order valence-electron chi connectivity index (χ3n) is 4.81. The summed E-state index contributed by atoms with van der Waals surface area (Å²) in [4.78, 5) is 23.5. The number of fused-ring (bicyclic) bond motifs is 1. The van der Waals surface area contributed by atoms with Crippen molar-refractivity contribution in [2.75, 3.05) is 11.5 Å². The Balaban J connectivity index is 1.72. The van der Waals surface area contributed by atoms with Crippen LogP contribution >= 0.6 is 0 Å². The Labute approximate surface area is 167 Å². The Morgan fingerprint density at radius 3 is 2.86 bits per heavy atom. The number of aryl methyl sites for hydroxylation is 1. The van der Waals surface area contributed by atoms with Crippen molar-refractivity contribution in [3.8, 4) is 11.4 Å². The molecule has 0 aliphatic carbocycles. The Morgan fingerprint density at radius 2 is 2.17 bits per heavy atom. The average molecular weight is 396 g/mol. The molecule has 3 aromatic rings. The van der Waals surface area contributed by atoms with Crippen LogP contribution in [0.4, 0.5) is 10.2 Å². The van der Waals surface area contributed by atoms with E-state index in [4.69, 9.17) is 0 Å². The van der Waals surface area contributed by atoms with Gasteiger partial charge in [0.25, 0.3) is 5.91 Å². The van der Waals surface area contributed by atoms with Gasteiger partial charge in [-0.05, 0) is 18.6 Å². The lowest BCUT2D eigenvalue weighted by atomic mass is 10.1. The number of carbonyl (C=O) groups excluding carboxylic acids is 1. The van der Waals surface area contributed by atoms with Gasteiger partial charge < -0.3 is 15.3 Å². The molecule has 3 heterocycles. The number of benzene rings is 1. The number of nitrogens with one attached hydrogen (secondary N) is 1. The summed E-state index contributed by atoms with van der Waals surface area (Å²) in [5.74, 6) is 0.217. The molecular formula is C20H21FN6O2. The van der Waals surface area contributed by atoms with Gasteiger partial charge in [0.05, 0.1) is 18.4 Å². The first kappa shape index (κ1) is 19.0. The molecule has 1 amide bonds. The normalized spacial score (nSPS) is 14.0. The van der Waals surface area contributed by atoms with Crippen molar-refractivity contribution in [1.82, 2.24) is 25.1 Å². The van der Waals surface area contributed by atoms with Crippen molar-refractivity contribution in [3.05, 3.63) is 59.3 Å². The Kier molecular flexibility index (Phi) is 4.98. The summed E-state index contributed by atoms with van der Waals surface area (Å²) in [7, 11) is 1.78. The fourth-order valence-corrected chi connectivity index (χ4v) is 3.26. The monoisotopic (exact) mass is 396 g/mol. The second kappa shape index (κ2) is 7.59. The van der Waals surface area contributed by atoms with Crippen LogP contribution in [-0.2, 0) is 20.1 Å². The standard InChI is InChI=1S/C20H21FN6O2/c1-12(11-28)23-20(29)17-6-18(25-19(24-17)14-7-22-26(2)8-14)27-9-13-4-3-5-16(21)15(13)10-27/h3-8,12,28H,9-11H2,1-2H3,(H,23,29)/t12-/m0/s1. The summed E-state index contributed by atoms with van der Waals surface area (Å²) in [6.07, 6.45) is 3.38. The van der Waals surface area contributed by atoms with E-state index in [0.29, 0.717) is 35.9 Å². The van der Waals surface area contributed by atoms with Crippen LogP contribution in [0.2, 0.25) is 0 Å². The van der Waals surface area contributed by atoms with E-state index in [9.17, 15) is 14.3 Å². The fraction of sp³-hybridized carbons (Fsp3) is 0.300. The van der Waals surface area contributed by atoms with Gasteiger partial charge in [0.15, 0.2) is 5.82 Å². The molecular weight excluding hydrogens is 375 g/mol. The zero-order valence-corrected chi connectivity index (χ0v) is 16.1. The molecule has 0 radical (unpaired) electrons. The van der Waals surface area contributed by atoms with E-state index >= 15 is 0 Å². The molecule has 0 spiro atoms. The first-order valence-electron chi connectivity index (χ1n) is 9.25. The number of halogens is 1. The summed E-state index contributed by atoms with van der Waals surface area (Å²) >= 11 is 0. The highest BCUT2D eigenvalue weighted by molar-refractivity contribution is 5.93. The van der Waals surface area contributed by atoms with Crippen molar-refractivity contribution < 1.29 is 14.3 Å². The molecule has 2 N–H and O–H groups in total. The van der Waals surface area contributed by atoms with Crippen LogP contribution in [0.15, 0.2) is 36.7 Å². The lowest BCUT2D eigenvalue weighted by Crippen LogP contribution is -2.35. The van der Waals surface area contributed by atoms with Gasteiger partial charge >= 0.3 is 0 Å². The van der Waals surface area contributed by atoms with Gasteiger partial charge in [-0.3, -0.25) is 9.48 Å². The molecule has 0 fully saturated rings. The van der Waals surface area contributed by atoms with Crippen molar-refractivity contribution in [3.63, 3.8) is 0 Å². The minimum absolute atomic E-state index is 0.172. The number of aromatic nitrogens is 4. The molecule has 1 aromatic carbocycles. The zero-order chi connectivity index (χ0) is 20.5. The lowest BCUT2D eigenvalue weighted by Gasteiger charge is -2.18. The maximum Gasteiger partial charge on any atom is 0.270 e. The molecule has 150 valence electrons. The third kappa shape index (κ3) is 3.81. The Bertz CT molecular complexity index is 1070. The van der Waals surface area contributed by atoms with Crippen LogP contribution < -0.4 is 10.2 Å². The predicted octanol–water partition coefficient (Wildman–Crippen LogP) is 1.65. The summed E-state index contributed by atoms with van der Waals surface area (Å²) in [6, 6.07) is 6.20. The number of nitrogens with zero attached hydrogens (tertiary/aromatic N) is 5. The molecule has 0 saturated carbocycles. The number of anilines is 1. The van der Waals surface area contributed by atoms with E-state index < -0.39 is 11.9 Å². The van der Waals surface area contributed by atoms with E-state index in [1.165, 1.54) is 6.07 Å². The summed E-state index contributed by atoms with van der Waals surface area (Å²) in [6.45, 7) is 2.37. The molecule has 1 aliphatic rings. The second-order valence-corrected chi connectivity index (χ2v) is 7.13. The number of carbonyl (C=O) groups is 1. The molecule has 0 unspecified atom stereocenters. The van der Waals surface area contributed by atoms with Crippen LogP contribution in [0, 0.1) is 5.82 Å². The van der Waals surface area contributed by atoms with Crippen LogP contribution in [-0.4, -0.2) is 43.4 Å². The number of amides is 1. The lowest BCUT2D eigenvalue weighted by molar-refractivity contribution is 0.0917. The summed E-state index contributed by atoms with van der Waals surface area (Å²) < 4.78 is 15.8. The van der Waals surface area contributed by atoms with Crippen LogP contribution in [0.25, 0.3) is 11.4 Å². The largest absolute Gasteiger partial charge is 0.394 e. The minimum Gasteiger partial charge on any atom is -0.394 e. The number of hydrogen-bond acceptors (Lipinski definition) is 6. The van der Waals surface area contributed by atoms with E-state index in [1.54, 1.807) is 43.2 Å². The van der Waals surface area contributed by atoms with E-state index in [0.717, 1.165) is 5.56 Å². The van der Waals surface area contributed by atoms with Crippen LogP contribution in [0.3, 0.4) is 0 Å². The van der Waals surface area contributed by atoms with E-state index in [1.807, 2.05) is 11.0 Å². The first-order chi connectivity index (χ1) is 13.9. The number of hydrogen-bond donors (Lipinski definition) is 2. The topological polar surface area (TPSA) is 96.2 Å². The van der Waals surface area contributed by atoms with E-state index in [-0.39, 0.29) is 18.1 Å². The van der Waals surface area contributed by atoms with Gasteiger partial charge in [-0.1, -0.05) is 12.1 Å². The van der Waals surface area contributed by atoms with Gasteiger partial charge in [-0.2, -0.15) is 5.10 Å². The van der Waals surface area contributed by atoms with E-state index in [2.05, 4.69) is 20.4 Å². The van der Waals surface area contributed by atoms with Crippen molar-refractivity contribution >= 4 is 11.7 Å². The minimum atomic E-state index is -0.414. The highest BCUT2D eigenvalue weighted by atomic mass is 19.1. The summed E-state index contributed by atoms with van der Waals surface area (Å²) in [5.41, 5.74) is 2.37. The Hall–Kier alpha value is -3.33. The fourth-order valence-electron chi connectivity index (χ4n) is 3.26. The highest BCUT2D eigenvalue weighted by Crippen LogP contribution is 2.30. The van der Waals surface area contributed by atoms with Gasteiger partial charge in [0.2, 0.25) is 0 Å². The molecule has 1 atom stereocenters. The molecule has 29 heavy (non-hydrogen) atoms. The molecule has 0 saturated heterocycles. The van der Waals surface area contributed by atoms with Crippen molar-refractivity contribution in [2.24, 2.45) is 7.05 Å². The summed E-state index contributed by atoms with van der Waals surface area (Å²) in [5, 5.41) is 16.1. The Morgan fingerprint density at radius 1 is 1.34 bits per heavy atom. The molecule has 9 heteroatoms. The smallest absolute Gasteiger partial charge is 0.270 e. The van der Waals surface area contributed by atoms with Crippen LogP contribution in [0.1, 0.15) is 28.5 Å². The van der Waals surface area contributed by atoms with Gasteiger partial charge in [-0.15, -0.1) is 0 Å². The molecule has 0 bridgehead atoms.